The fourth-order valence-corrected chi connectivity index (χ4v) is 3.91. The third kappa shape index (κ3) is 3.39. The summed E-state index contributed by atoms with van der Waals surface area (Å²) >= 11 is 2.09. The molecule has 0 bridgehead atoms. The molecule has 3 heteroatoms. The van der Waals surface area contributed by atoms with Crippen LogP contribution < -0.4 is 5.73 Å². The van der Waals surface area contributed by atoms with E-state index in [4.69, 9.17) is 5.73 Å². The standard InChI is InChI=1S/C14H22N2S/c1-10-4-5-14(15)13(6-10)9-16-7-11(2)17-12(3)8-16/h4-6,11-12H,7-9,15H2,1-3H3. The molecule has 1 aromatic rings. The highest BCUT2D eigenvalue weighted by Crippen LogP contribution is 2.26. The van der Waals surface area contributed by atoms with Crippen LogP contribution in [0.5, 0.6) is 0 Å². The summed E-state index contributed by atoms with van der Waals surface area (Å²) in [6.07, 6.45) is 0. The minimum atomic E-state index is 0.727. The maximum Gasteiger partial charge on any atom is 0.0359 e. The van der Waals surface area contributed by atoms with Gasteiger partial charge in [-0.05, 0) is 18.6 Å². The van der Waals surface area contributed by atoms with Crippen molar-refractivity contribution in [2.75, 3.05) is 18.8 Å². The molecular weight excluding hydrogens is 228 g/mol. The maximum atomic E-state index is 6.04. The van der Waals surface area contributed by atoms with Crippen molar-refractivity contribution in [2.45, 2.75) is 37.8 Å². The molecule has 0 aliphatic carbocycles. The molecule has 0 spiro atoms. The summed E-state index contributed by atoms with van der Waals surface area (Å²) < 4.78 is 0. The SMILES string of the molecule is Cc1ccc(N)c(CN2CC(C)SC(C)C2)c1. The summed E-state index contributed by atoms with van der Waals surface area (Å²) in [5, 5.41) is 1.45. The predicted molar refractivity (Wildman–Crippen MR) is 77.4 cm³/mol. The van der Waals surface area contributed by atoms with Crippen LogP contribution in [0.3, 0.4) is 0 Å². The molecule has 0 radical (unpaired) electrons. The Labute approximate surface area is 109 Å². The van der Waals surface area contributed by atoms with Crippen LogP contribution in [0.15, 0.2) is 18.2 Å². The van der Waals surface area contributed by atoms with Crippen molar-refractivity contribution in [3.8, 4) is 0 Å². The van der Waals surface area contributed by atoms with Gasteiger partial charge in [0.1, 0.15) is 0 Å². The Bertz CT molecular complexity index is 382. The molecule has 1 saturated heterocycles. The highest BCUT2D eigenvalue weighted by atomic mass is 32.2. The van der Waals surface area contributed by atoms with E-state index in [-0.39, 0.29) is 0 Å². The van der Waals surface area contributed by atoms with Crippen LogP contribution in [0, 0.1) is 6.92 Å². The minimum absolute atomic E-state index is 0.727. The average molecular weight is 250 g/mol. The number of thioether (sulfide) groups is 1. The summed E-state index contributed by atoms with van der Waals surface area (Å²) in [6.45, 7) is 10.1. The second kappa shape index (κ2) is 5.32. The zero-order chi connectivity index (χ0) is 12.4. The van der Waals surface area contributed by atoms with Crippen molar-refractivity contribution in [2.24, 2.45) is 0 Å². The predicted octanol–water partition coefficient (Wildman–Crippen LogP) is 2.90. The lowest BCUT2D eigenvalue weighted by atomic mass is 10.1. The topological polar surface area (TPSA) is 29.3 Å². The lowest BCUT2D eigenvalue weighted by Crippen LogP contribution is -2.39. The summed E-state index contributed by atoms with van der Waals surface area (Å²) in [5.41, 5.74) is 9.54. The van der Waals surface area contributed by atoms with Gasteiger partial charge in [-0.2, -0.15) is 11.8 Å². The first-order valence-corrected chi connectivity index (χ1v) is 7.21. The summed E-state index contributed by atoms with van der Waals surface area (Å²) in [6, 6.07) is 6.32. The Morgan fingerprint density at radius 2 is 1.94 bits per heavy atom. The number of rotatable bonds is 2. The van der Waals surface area contributed by atoms with Crippen LogP contribution in [0.2, 0.25) is 0 Å². The van der Waals surface area contributed by atoms with E-state index >= 15 is 0 Å². The van der Waals surface area contributed by atoms with Gasteiger partial charge in [0, 0.05) is 35.8 Å². The van der Waals surface area contributed by atoms with Crippen molar-refractivity contribution in [3.05, 3.63) is 29.3 Å². The van der Waals surface area contributed by atoms with E-state index in [2.05, 4.69) is 49.6 Å². The van der Waals surface area contributed by atoms with E-state index in [9.17, 15) is 0 Å². The minimum Gasteiger partial charge on any atom is -0.398 e. The van der Waals surface area contributed by atoms with Crippen molar-refractivity contribution in [1.82, 2.24) is 4.90 Å². The highest BCUT2D eigenvalue weighted by Gasteiger charge is 2.22. The van der Waals surface area contributed by atoms with E-state index in [1.165, 1.54) is 24.2 Å². The van der Waals surface area contributed by atoms with Crippen LogP contribution in [-0.2, 0) is 6.54 Å². The molecule has 17 heavy (non-hydrogen) atoms. The number of hydrogen-bond donors (Lipinski definition) is 1. The fraction of sp³-hybridized carbons (Fsp3) is 0.571. The number of nitrogen functional groups attached to an aromatic ring is 1. The molecular formula is C14H22N2S. The van der Waals surface area contributed by atoms with Gasteiger partial charge in [-0.25, -0.2) is 0 Å². The van der Waals surface area contributed by atoms with Gasteiger partial charge in [-0.1, -0.05) is 31.5 Å². The molecule has 2 atom stereocenters. The Kier molecular flexibility index (Phi) is 4.00. The fourth-order valence-electron chi connectivity index (χ4n) is 2.53. The molecule has 1 heterocycles. The van der Waals surface area contributed by atoms with E-state index in [1.54, 1.807) is 0 Å². The molecule has 2 N–H and O–H groups in total. The van der Waals surface area contributed by atoms with Crippen LogP contribution in [0.25, 0.3) is 0 Å². The highest BCUT2D eigenvalue weighted by molar-refractivity contribution is 8.00. The summed E-state index contributed by atoms with van der Waals surface area (Å²) in [5.74, 6) is 0. The molecule has 0 aromatic heterocycles. The lowest BCUT2D eigenvalue weighted by Gasteiger charge is -2.34. The maximum absolute atomic E-state index is 6.04. The first-order chi connectivity index (χ1) is 8.04. The molecule has 1 aromatic carbocycles. The number of aryl methyl sites for hydroxylation is 1. The van der Waals surface area contributed by atoms with Gasteiger partial charge >= 0.3 is 0 Å². The van der Waals surface area contributed by atoms with Gasteiger partial charge in [0.2, 0.25) is 0 Å². The molecule has 0 saturated carbocycles. The first kappa shape index (κ1) is 12.8. The Balaban J connectivity index is 2.07. The van der Waals surface area contributed by atoms with Gasteiger partial charge < -0.3 is 5.73 Å². The number of hydrogen-bond acceptors (Lipinski definition) is 3. The van der Waals surface area contributed by atoms with Crippen LogP contribution >= 0.6 is 11.8 Å². The van der Waals surface area contributed by atoms with E-state index in [0.29, 0.717) is 0 Å². The van der Waals surface area contributed by atoms with Gasteiger partial charge in [0.15, 0.2) is 0 Å². The van der Waals surface area contributed by atoms with E-state index in [1.807, 2.05) is 6.07 Å². The number of nitrogens with two attached hydrogens (primary N) is 1. The second-order valence-electron chi connectivity index (χ2n) is 5.15. The van der Waals surface area contributed by atoms with E-state index < -0.39 is 0 Å². The molecule has 0 amide bonds. The van der Waals surface area contributed by atoms with Crippen LogP contribution in [0.1, 0.15) is 25.0 Å². The van der Waals surface area contributed by atoms with Crippen molar-refractivity contribution in [3.63, 3.8) is 0 Å². The van der Waals surface area contributed by atoms with Crippen molar-refractivity contribution >= 4 is 17.4 Å². The molecule has 2 nitrogen and oxygen atoms in total. The van der Waals surface area contributed by atoms with Gasteiger partial charge in [-0.15, -0.1) is 0 Å². The molecule has 1 aliphatic heterocycles. The average Bonchev–Trinajstić information content (AvgIpc) is 2.22. The number of benzene rings is 1. The monoisotopic (exact) mass is 250 g/mol. The zero-order valence-corrected chi connectivity index (χ0v) is 11.8. The first-order valence-electron chi connectivity index (χ1n) is 6.27. The van der Waals surface area contributed by atoms with E-state index in [0.717, 1.165) is 22.7 Å². The smallest absolute Gasteiger partial charge is 0.0359 e. The Morgan fingerprint density at radius 3 is 2.59 bits per heavy atom. The van der Waals surface area contributed by atoms with Gasteiger partial charge in [0.25, 0.3) is 0 Å². The molecule has 2 unspecified atom stereocenters. The van der Waals surface area contributed by atoms with Crippen LogP contribution in [-0.4, -0.2) is 28.5 Å². The van der Waals surface area contributed by atoms with Gasteiger partial charge in [0.05, 0.1) is 0 Å². The largest absolute Gasteiger partial charge is 0.398 e. The van der Waals surface area contributed by atoms with Crippen molar-refractivity contribution < 1.29 is 0 Å². The quantitative estimate of drug-likeness (QED) is 0.818. The third-order valence-corrected chi connectivity index (χ3v) is 4.42. The second-order valence-corrected chi connectivity index (χ2v) is 7.04. The molecule has 1 aliphatic rings. The molecule has 2 rings (SSSR count). The molecule has 94 valence electrons. The Hall–Kier alpha value is -0.670. The third-order valence-electron chi connectivity index (χ3n) is 3.19. The summed E-state index contributed by atoms with van der Waals surface area (Å²) in [7, 11) is 0. The number of anilines is 1. The normalized spacial score (nSPS) is 26.1. The van der Waals surface area contributed by atoms with Crippen LogP contribution in [0.4, 0.5) is 5.69 Å². The van der Waals surface area contributed by atoms with Crippen molar-refractivity contribution in [1.29, 1.82) is 0 Å². The Morgan fingerprint density at radius 1 is 1.29 bits per heavy atom. The summed E-state index contributed by atoms with van der Waals surface area (Å²) in [4.78, 5) is 2.52. The lowest BCUT2D eigenvalue weighted by molar-refractivity contribution is 0.263. The number of nitrogens with zero attached hydrogens (tertiary/aromatic N) is 1. The zero-order valence-electron chi connectivity index (χ0n) is 10.9. The van der Waals surface area contributed by atoms with Gasteiger partial charge in [-0.3, -0.25) is 4.90 Å². The molecule has 1 fully saturated rings.